The number of fused-ring (bicyclic) bond motifs is 4. The first kappa shape index (κ1) is 39.2. The van der Waals surface area contributed by atoms with Gasteiger partial charge in [0.05, 0.1) is 48.9 Å². The maximum absolute atomic E-state index is 14.7. The van der Waals surface area contributed by atoms with Crippen molar-refractivity contribution in [2.75, 3.05) is 62.4 Å². The number of alkyl halides is 1. The molecule has 3 atom stereocenters. The number of hydrogen-bond donors (Lipinski definition) is 0. The fourth-order valence-electron chi connectivity index (χ4n) is 9.39. The molecule has 1 unspecified atom stereocenters. The Hall–Kier alpha value is -4.59. The summed E-state index contributed by atoms with van der Waals surface area (Å²) in [5.74, 6) is 0.800. The molecule has 1 aromatic heterocycles. The molecule has 4 aromatic rings. The van der Waals surface area contributed by atoms with Crippen molar-refractivity contribution in [3.63, 3.8) is 0 Å². The van der Waals surface area contributed by atoms with Crippen LogP contribution < -0.4 is 14.5 Å². The van der Waals surface area contributed by atoms with Crippen LogP contribution in [0.15, 0.2) is 72.8 Å². The predicted molar refractivity (Wildman–Crippen MR) is 208 cm³/mol. The van der Waals surface area contributed by atoms with Gasteiger partial charge in [-0.3, -0.25) is 4.90 Å². The van der Waals surface area contributed by atoms with Crippen molar-refractivity contribution in [1.82, 2.24) is 14.9 Å². The number of rotatable bonds is 9. The van der Waals surface area contributed by atoms with E-state index in [-0.39, 0.29) is 18.8 Å². The minimum atomic E-state index is -0.939. The molecule has 0 bridgehead atoms. The molecule has 0 aliphatic carbocycles. The van der Waals surface area contributed by atoms with E-state index in [1.54, 1.807) is 0 Å². The molecule has 300 valence electrons. The van der Waals surface area contributed by atoms with Gasteiger partial charge in [0.1, 0.15) is 30.3 Å². The Labute approximate surface area is 342 Å². The van der Waals surface area contributed by atoms with E-state index >= 15 is 0 Å². The molecule has 6 heterocycles. The van der Waals surface area contributed by atoms with Crippen molar-refractivity contribution in [1.29, 1.82) is 10.5 Å². The van der Waals surface area contributed by atoms with Crippen LogP contribution in [0.5, 0.6) is 6.01 Å². The van der Waals surface area contributed by atoms with E-state index in [0.29, 0.717) is 77.0 Å². The number of aromatic nitrogens is 2. The summed E-state index contributed by atoms with van der Waals surface area (Å²) >= 11 is 3.81. The predicted octanol–water partition coefficient (Wildman–Crippen LogP) is 6.25. The quantitative estimate of drug-likeness (QED) is 0.178. The van der Waals surface area contributed by atoms with Crippen LogP contribution in [-0.2, 0) is 68.5 Å². The van der Waals surface area contributed by atoms with Gasteiger partial charge in [0.15, 0.2) is 0 Å². The number of halogens is 1. The van der Waals surface area contributed by atoms with E-state index in [9.17, 15) is 9.65 Å². The van der Waals surface area contributed by atoms with E-state index in [1.807, 2.05) is 12.1 Å². The first-order valence-electron chi connectivity index (χ1n) is 19.8. The third kappa shape index (κ3) is 8.24. The summed E-state index contributed by atoms with van der Waals surface area (Å²) in [6.07, 6.45) is 2.86. The van der Waals surface area contributed by atoms with Crippen molar-refractivity contribution in [3.8, 4) is 17.0 Å². The van der Waals surface area contributed by atoms with Gasteiger partial charge in [-0.1, -0.05) is 66.7 Å². The summed E-state index contributed by atoms with van der Waals surface area (Å²) in [4.78, 5) is 18.2. The van der Waals surface area contributed by atoms with Gasteiger partial charge in [-0.2, -0.15) is 15.2 Å². The summed E-state index contributed by atoms with van der Waals surface area (Å²) in [7, 11) is 0. The number of anilines is 2. The standard InChI is InChI=1S/C43H47FN6O4.CN.Cu/c44-34-21-42(15-7-17-50(42)26-34)29-53-41-46-37-22-43(54-28-36(37)40(47-41)48-16-8-19-51-20-18-48)30-52-27-33-13-14-38(35(23-45)39(33)43)49(24-31-9-3-1-4-10-31)25-32-11-5-2-6-12-32;1-2;/h1-6,9-14,34H,7-8,15-22,24-30H2;;/t34-,42+,43?;;/m1../s1. The zero-order valence-electron chi connectivity index (χ0n) is 32.0. The molecule has 3 aromatic carbocycles. The average molecular weight is 820 g/mol. The van der Waals surface area contributed by atoms with Gasteiger partial charge in [0.2, 0.25) is 0 Å². The fourth-order valence-corrected chi connectivity index (χ4v) is 9.39. The number of ether oxygens (including phenoxy) is 4. The number of benzene rings is 3. The number of nitriles is 2. The van der Waals surface area contributed by atoms with Crippen LogP contribution in [0, 0.1) is 21.6 Å². The van der Waals surface area contributed by atoms with Crippen molar-refractivity contribution in [2.45, 2.75) is 75.7 Å². The van der Waals surface area contributed by atoms with E-state index < -0.39 is 11.8 Å². The Bertz CT molecular complexity index is 2070. The van der Waals surface area contributed by atoms with E-state index in [0.717, 1.165) is 77.4 Å². The molecule has 0 amide bonds. The molecule has 0 N–H and O–H groups in total. The van der Waals surface area contributed by atoms with Crippen LogP contribution in [0.25, 0.3) is 0 Å². The molecular weight excluding hydrogens is 773 g/mol. The minimum absolute atomic E-state index is 0.263. The van der Waals surface area contributed by atoms with Crippen LogP contribution in [-0.4, -0.2) is 79.2 Å². The Balaban J connectivity index is 0.00000147. The Kier molecular flexibility index (Phi) is 12.0. The average Bonchev–Trinajstić information content (AvgIpc) is 3.61. The van der Waals surface area contributed by atoms with E-state index in [1.165, 1.54) is 4.97 Å². The van der Waals surface area contributed by atoms with Gasteiger partial charge in [-0.25, -0.2) is 4.39 Å². The van der Waals surface area contributed by atoms with Gasteiger partial charge in [0, 0.05) is 63.3 Å². The molecule has 11 nitrogen and oxygen atoms in total. The first-order valence-corrected chi connectivity index (χ1v) is 20.2. The van der Waals surface area contributed by atoms with Crippen molar-refractivity contribution >= 4 is 11.5 Å². The Morgan fingerprint density at radius 3 is 2.40 bits per heavy atom. The van der Waals surface area contributed by atoms with E-state index in [4.69, 9.17) is 34.2 Å². The molecule has 9 rings (SSSR count). The normalized spacial score (nSPS) is 23.9. The third-order valence-electron chi connectivity index (χ3n) is 12.0. The van der Waals surface area contributed by atoms with Crippen molar-refractivity contribution in [2.24, 2.45) is 0 Å². The summed E-state index contributed by atoms with van der Waals surface area (Å²) in [6.45, 7) is 6.72. The molecule has 57 heavy (non-hydrogen) atoms. The Morgan fingerprint density at radius 1 is 0.912 bits per heavy atom. The van der Waals surface area contributed by atoms with E-state index in [2.05, 4.69) is 97.4 Å². The zero-order valence-corrected chi connectivity index (χ0v) is 32.9. The first-order chi connectivity index (χ1) is 27.9. The Morgan fingerprint density at radius 2 is 1.67 bits per heavy atom. The zero-order chi connectivity index (χ0) is 39.2. The molecule has 0 saturated carbocycles. The van der Waals surface area contributed by atoms with Crippen molar-refractivity contribution < 1.29 is 39.4 Å². The number of hydrogen-bond acceptors (Lipinski definition) is 11. The molecule has 3 saturated heterocycles. The van der Waals surface area contributed by atoms with Gasteiger partial charge in [-0.15, -0.1) is 0 Å². The molecule has 13 heteroatoms. The van der Waals surface area contributed by atoms with Crippen LogP contribution >= 0.6 is 0 Å². The van der Waals surface area contributed by atoms with Gasteiger partial charge in [0.25, 0.3) is 0 Å². The second kappa shape index (κ2) is 17.5. The molecule has 0 radical (unpaired) electrons. The monoisotopic (exact) mass is 819 g/mol. The van der Waals surface area contributed by atoms with Crippen molar-refractivity contribution in [3.05, 3.63) is 112 Å². The van der Waals surface area contributed by atoms with Crippen LogP contribution in [0.2, 0.25) is 0 Å². The topological polar surface area (TPSA) is 120 Å². The second-order valence-electron chi connectivity index (χ2n) is 15.5. The molecule has 3 fully saturated rings. The van der Waals surface area contributed by atoms with Gasteiger partial charge in [-0.05, 0) is 48.6 Å². The second-order valence-corrected chi connectivity index (χ2v) is 15.7. The summed E-state index contributed by atoms with van der Waals surface area (Å²) in [5, 5.41) is 18.2. The summed E-state index contributed by atoms with van der Waals surface area (Å²) in [5.41, 5.74) is 6.10. The molecule has 5 aliphatic rings. The van der Waals surface area contributed by atoms with Crippen LogP contribution in [0.3, 0.4) is 0 Å². The van der Waals surface area contributed by atoms with Gasteiger partial charge >= 0.3 is 32.3 Å². The van der Waals surface area contributed by atoms with Crippen LogP contribution in [0.4, 0.5) is 15.9 Å². The fraction of sp³-hybridized carbons (Fsp3) is 0.455. The molecule has 5 aliphatic heterocycles. The molecular formula is C44H47CuFN7O4. The maximum atomic E-state index is 14.7. The third-order valence-corrected chi connectivity index (χ3v) is 12.0. The van der Waals surface area contributed by atoms with Gasteiger partial charge < -0.3 is 28.7 Å². The summed E-state index contributed by atoms with van der Waals surface area (Å²) < 4.78 is 40.2. The SMILES string of the molecule is N#Cc1c(N(Cc2ccccc2)Cc2ccccc2)ccc2c1C1(COC2)Cc2nc(OC[C@@]34CCCN3C[C@H](F)C4)nc(N3CCCOCC3)c2CO1.N#[C][Cu]. The molecule has 1 spiro atoms. The van der Waals surface area contributed by atoms with Crippen LogP contribution in [0.1, 0.15) is 64.8 Å². The number of nitrogens with zero attached hydrogens (tertiary/aromatic N) is 7. The summed E-state index contributed by atoms with van der Waals surface area (Å²) in [6, 6.07) is 27.8.